The van der Waals surface area contributed by atoms with Gasteiger partial charge < -0.3 is 10.5 Å². The summed E-state index contributed by atoms with van der Waals surface area (Å²) in [5.74, 6) is -1.50. The molecule has 1 heterocycles. The minimum absolute atomic E-state index is 0.0539. The van der Waals surface area contributed by atoms with Crippen molar-refractivity contribution >= 4 is 60.4 Å². The first kappa shape index (κ1) is 23.3. The number of hydrogen-bond donors (Lipinski definition) is 1. The van der Waals surface area contributed by atoms with Crippen molar-refractivity contribution in [2.45, 2.75) is 25.2 Å². The molecule has 0 fully saturated rings. The monoisotopic (exact) mass is 579 g/mol. The molecule has 2 aromatic carbocycles. The second kappa shape index (κ2) is 8.29. The number of hydrogen-bond acceptors (Lipinski definition) is 5. The largest absolute Gasteiger partial charge is 0.573 e. The van der Waals surface area contributed by atoms with E-state index >= 15 is 0 Å². The number of ether oxygens (including phenoxy) is 1. The average Bonchev–Trinajstić information content (AvgIpc) is 3.09. The van der Waals surface area contributed by atoms with E-state index in [9.17, 15) is 23.2 Å². The van der Waals surface area contributed by atoms with Crippen LogP contribution in [-0.2, 0) is 12.0 Å². The predicted molar refractivity (Wildman–Crippen MR) is 113 cm³/mol. The molecular formula is C18H11Br2ClF3N5O2. The van der Waals surface area contributed by atoms with Crippen molar-refractivity contribution in [1.29, 1.82) is 5.26 Å². The van der Waals surface area contributed by atoms with Gasteiger partial charge in [-0.3, -0.25) is 4.79 Å². The summed E-state index contributed by atoms with van der Waals surface area (Å²) in [6.45, 7) is 1.22. The Morgan fingerprint density at radius 2 is 1.94 bits per heavy atom. The number of fused-ring (bicyclic) bond motifs is 1. The van der Waals surface area contributed by atoms with Gasteiger partial charge in [0.1, 0.15) is 22.2 Å². The molecule has 0 aliphatic carbocycles. The molecule has 1 aromatic heterocycles. The normalized spacial score (nSPS) is 13.6. The minimum Gasteiger partial charge on any atom is -0.406 e. The summed E-state index contributed by atoms with van der Waals surface area (Å²) in [7, 11) is 0. The van der Waals surface area contributed by atoms with Gasteiger partial charge in [0, 0.05) is 10.0 Å². The van der Waals surface area contributed by atoms with Crippen LogP contribution in [0, 0.1) is 11.3 Å². The standard InChI is InChI=1S/C18H11Br2ClF3N5O2/c1-17(6-25,7-29-27-14-11(19)5-12(21)13(20)15(14)28-29)10-4-8(31-18(22,23)24)2-3-9(10)16(26)30/h2-5H,7H2,1H3,(H2,26,30). The maximum Gasteiger partial charge on any atom is 0.573 e. The number of aromatic nitrogens is 3. The molecule has 0 saturated heterocycles. The van der Waals surface area contributed by atoms with E-state index < -0.39 is 23.4 Å². The molecule has 162 valence electrons. The lowest BCUT2D eigenvalue weighted by molar-refractivity contribution is -0.274. The van der Waals surface area contributed by atoms with Gasteiger partial charge in [-0.15, -0.1) is 13.2 Å². The first-order valence-corrected chi connectivity index (χ1v) is 10.3. The van der Waals surface area contributed by atoms with E-state index in [0.29, 0.717) is 25.0 Å². The third-order valence-electron chi connectivity index (χ3n) is 4.34. The van der Waals surface area contributed by atoms with Crippen molar-refractivity contribution in [3.05, 3.63) is 49.4 Å². The Kier molecular flexibility index (Phi) is 6.23. The molecule has 13 heteroatoms. The lowest BCUT2D eigenvalue weighted by Crippen LogP contribution is -2.31. The van der Waals surface area contributed by atoms with Crippen molar-refractivity contribution in [2.75, 3.05) is 0 Å². The third-order valence-corrected chi connectivity index (χ3v) is 6.27. The fourth-order valence-corrected chi connectivity index (χ4v) is 4.15. The number of nitriles is 1. The fourth-order valence-electron chi connectivity index (χ4n) is 2.94. The number of carbonyl (C=O) groups excluding carboxylic acids is 1. The van der Waals surface area contributed by atoms with Crippen molar-refractivity contribution in [2.24, 2.45) is 5.73 Å². The Balaban J connectivity index is 2.12. The Hall–Kier alpha value is -2.36. The topological polar surface area (TPSA) is 107 Å². The Morgan fingerprint density at radius 1 is 1.29 bits per heavy atom. The molecule has 0 aliphatic heterocycles. The second-order valence-electron chi connectivity index (χ2n) is 6.65. The number of benzene rings is 2. The van der Waals surface area contributed by atoms with Crippen LogP contribution in [0.15, 0.2) is 33.2 Å². The van der Waals surface area contributed by atoms with Gasteiger partial charge >= 0.3 is 6.36 Å². The van der Waals surface area contributed by atoms with Crippen LogP contribution in [0.5, 0.6) is 5.75 Å². The molecule has 7 nitrogen and oxygen atoms in total. The Labute approximate surface area is 195 Å². The summed E-state index contributed by atoms with van der Waals surface area (Å²) < 4.78 is 43.0. The minimum atomic E-state index is -4.95. The predicted octanol–water partition coefficient (Wildman–Crippen LogP) is 5.09. The van der Waals surface area contributed by atoms with Crippen LogP contribution in [0.1, 0.15) is 22.8 Å². The molecule has 0 spiro atoms. The van der Waals surface area contributed by atoms with Crippen molar-refractivity contribution < 1.29 is 22.7 Å². The van der Waals surface area contributed by atoms with Crippen LogP contribution in [-0.4, -0.2) is 27.3 Å². The Morgan fingerprint density at radius 3 is 2.52 bits per heavy atom. The molecule has 0 bridgehead atoms. The molecule has 0 radical (unpaired) electrons. The quantitative estimate of drug-likeness (QED) is 0.423. The molecule has 1 unspecified atom stereocenters. The van der Waals surface area contributed by atoms with Crippen LogP contribution in [0.2, 0.25) is 5.02 Å². The van der Waals surface area contributed by atoms with Gasteiger partial charge in [0.25, 0.3) is 0 Å². The highest BCUT2D eigenvalue weighted by atomic mass is 79.9. The fraction of sp³-hybridized carbons (Fsp3) is 0.222. The summed E-state index contributed by atoms with van der Waals surface area (Å²) in [4.78, 5) is 13.1. The number of halogens is 6. The number of primary amides is 1. The second-order valence-corrected chi connectivity index (χ2v) is 8.70. The molecule has 2 N–H and O–H groups in total. The molecule has 1 atom stereocenters. The molecule has 0 saturated carbocycles. The molecule has 1 amide bonds. The summed E-state index contributed by atoms with van der Waals surface area (Å²) in [6.07, 6.45) is -4.95. The number of rotatable bonds is 5. The van der Waals surface area contributed by atoms with Gasteiger partial charge in [-0.25, -0.2) is 0 Å². The van der Waals surface area contributed by atoms with Gasteiger partial charge in [0.05, 0.1) is 22.1 Å². The van der Waals surface area contributed by atoms with E-state index in [2.05, 4.69) is 46.8 Å². The van der Waals surface area contributed by atoms with E-state index in [1.54, 1.807) is 6.07 Å². The van der Waals surface area contributed by atoms with Gasteiger partial charge in [0.2, 0.25) is 5.91 Å². The Bertz CT molecular complexity index is 1240. The summed E-state index contributed by atoms with van der Waals surface area (Å²) in [5, 5.41) is 18.9. The van der Waals surface area contributed by atoms with E-state index in [1.807, 2.05) is 6.07 Å². The summed E-state index contributed by atoms with van der Waals surface area (Å²) >= 11 is 12.8. The number of carbonyl (C=O) groups is 1. The van der Waals surface area contributed by atoms with E-state index in [1.165, 1.54) is 11.7 Å². The highest BCUT2D eigenvalue weighted by molar-refractivity contribution is 9.11. The molecular weight excluding hydrogens is 570 g/mol. The third kappa shape index (κ3) is 4.78. The molecule has 3 aromatic rings. The molecule has 3 rings (SSSR count). The van der Waals surface area contributed by atoms with E-state index in [0.717, 1.165) is 18.2 Å². The van der Waals surface area contributed by atoms with Gasteiger partial charge in [-0.05, 0) is 68.6 Å². The van der Waals surface area contributed by atoms with E-state index in [4.69, 9.17) is 17.3 Å². The lowest BCUT2D eigenvalue weighted by Gasteiger charge is -2.24. The highest BCUT2D eigenvalue weighted by Gasteiger charge is 2.35. The van der Waals surface area contributed by atoms with Crippen LogP contribution in [0.25, 0.3) is 11.0 Å². The van der Waals surface area contributed by atoms with Crippen molar-refractivity contribution in [1.82, 2.24) is 15.0 Å². The first-order valence-electron chi connectivity index (χ1n) is 8.34. The zero-order valence-electron chi connectivity index (χ0n) is 15.5. The smallest absolute Gasteiger partial charge is 0.406 e. The first-order chi connectivity index (χ1) is 14.3. The number of nitrogens with two attached hydrogens (primary N) is 1. The van der Waals surface area contributed by atoms with Crippen LogP contribution < -0.4 is 10.5 Å². The number of alkyl halides is 3. The number of amides is 1. The maximum atomic E-state index is 12.7. The van der Waals surface area contributed by atoms with Crippen LogP contribution in [0.3, 0.4) is 0 Å². The van der Waals surface area contributed by atoms with Gasteiger partial charge in [-0.2, -0.15) is 20.3 Å². The van der Waals surface area contributed by atoms with Gasteiger partial charge in [0.15, 0.2) is 0 Å². The van der Waals surface area contributed by atoms with Gasteiger partial charge in [-0.1, -0.05) is 11.6 Å². The lowest BCUT2D eigenvalue weighted by atomic mass is 9.81. The van der Waals surface area contributed by atoms with E-state index in [-0.39, 0.29) is 17.7 Å². The average molecular weight is 582 g/mol. The highest BCUT2D eigenvalue weighted by Crippen LogP contribution is 2.36. The number of nitrogens with zero attached hydrogens (tertiary/aromatic N) is 4. The zero-order chi connectivity index (χ0) is 23.1. The summed E-state index contributed by atoms with van der Waals surface area (Å²) in [5.41, 5.74) is 4.52. The van der Waals surface area contributed by atoms with Crippen molar-refractivity contribution in [3.63, 3.8) is 0 Å². The maximum absolute atomic E-state index is 12.7. The SMILES string of the molecule is CC(C#N)(Cn1nc2c(Br)cc(Cl)c(Br)c2n1)c1cc(OC(F)(F)F)ccc1C(N)=O. The molecule has 0 aliphatic rings. The van der Waals surface area contributed by atoms with Crippen LogP contribution >= 0.6 is 43.5 Å². The van der Waals surface area contributed by atoms with Crippen LogP contribution in [0.4, 0.5) is 13.2 Å². The zero-order valence-corrected chi connectivity index (χ0v) is 19.4. The summed E-state index contributed by atoms with van der Waals surface area (Å²) in [6, 6.07) is 6.62. The molecule has 31 heavy (non-hydrogen) atoms. The van der Waals surface area contributed by atoms with Crippen molar-refractivity contribution in [3.8, 4) is 11.8 Å².